The Bertz CT molecular complexity index is 929. The van der Waals surface area contributed by atoms with Crippen LogP contribution in [0.5, 0.6) is 0 Å². The van der Waals surface area contributed by atoms with Gasteiger partial charge in [0.2, 0.25) is 5.91 Å². The fraction of sp³-hybridized carbons (Fsp3) is 0.429. The summed E-state index contributed by atoms with van der Waals surface area (Å²) < 4.78 is 6.45. The first-order valence-electron chi connectivity index (χ1n) is 10.1. The average molecular weight is 449 g/mol. The summed E-state index contributed by atoms with van der Waals surface area (Å²) in [4.78, 5) is 28.9. The van der Waals surface area contributed by atoms with E-state index in [0.29, 0.717) is 29.0 Å². The predicted octanol–water partition coefficient (Wildman–Crippen LogP) is 3.55. The second-order valence-corrected chi connectivity index (χ2v) is 9.25. The van der Waals surface area contributed by atoms with E-state index in [-0.39, 0.29) is 17.9 Å². The Morgan fingerprint density at radius 3 is 2.70 bits per heavy atom. The first-order valence-corrected chi connectivity index (χ1v) is 11.3. The zero-order valence-corrected chi connectivity index (χ0v) is 18.4. The van der Waals surface area contributed by atoms with E-state index in [1.807, 2.05) is 6.07 Å². The number of anilines is 3. The predicted molar refractivity (Wildman–Crippen MR) is 121 cm³/mol. The molecule has 0 spiro atoms. The minimum absolute atomic E-state index is 0.0838. The van der Waals surface area contributed by atoms with Crippen LogP contribution in [0.1, 0.15) is 29.4 Å². The fourth-order valence-electron chi connectivity index (χ4n) is 3.82. The van der Waals surface area contributed by atoms with Gasteiger partial charge < -0.3 is 25.2 Å². The van der Waals surface area contributed by atoms with Gasteiger partial charge in [0.15, 0.2) is 0 Å². The molecule has 1 unspecified atom stereocenters. The van der Waals surface area contributed by atoms with Crippen LogP contribution in [-0.2, 0) is 9.53 Å². The van der Waals surface area contributed by atoms with Crippen LogP contribution in [0, 0.1) is 0 Å². The van der Waals surface area contributed by atoms with E-state index in [0.717, 1.165) is 30.2 Å². The van der Waals surface area contributed by atoms with Crippen molar-refractivity contribution in [3.8, 4) is 0 Å². The van der Waals surface area contributed by atoms with Gasteiger partial charge in [-0.05, 0) is 43.2 Å². The number of hydrogen-bond donors (Lipinski definition) is 2. The number of benzene rings is 1. The van der Waals surface area contributed by atoms with E-state index in [9.17, 15) is 9.59 Å². The summed E-state index contributed by atoms with van der Waals surface area (Å²) >= 11 is 7.15. The summed E-state index contributed by atoms with van der Waals surface area (Å²) in [6.45, 7) is 5.07. The van der Waals surface area contributed by atoms with Gasteiger partial charge in [0.05, 0.1) is 26.7 Å². The van der Waals surface area contributed by atoms with Crippen molar-refractivity contribution in [3.05, 3.63) is 39.5 Å². The van der Waals surface area contributed by atoms with Crippen molar-refractivity contribution in [2.24, 2.45) is 0 Å². The zero-order chi connectivity index (χ0) is 21.1. The molecule has 1 atom stereocenters. The average Bonchev–Trinajstić information content (AvgIpc) is 3.47. The molecule has 0 radical (unpaired) electrons. The molecular formula is C21H25ClN4O3S. The maximum absolute atomic E-state index is 12.2. The van der Waals surface area contributed by atoms with E-state index in [4.69, 9.17) is 16.3 Å². The minimum Gasteiger partial charge on any atom is -0.370 e. The summed E-state index contributed by atoms with van der Waals surface area (Å²) in [7, 11) is 0. The molecule has 4 rings (SSSR count). The lowest BCUT2D eigenvalue weighted by Crippen LogP contribution is -2.34. The minimum atomic E-state index is -0.142. The van der Waals surface area contributed by atoms with Crippen molar-refractivity contribution >= 4 is 51.8 Å². The number of ether oxygens (including phenoxy) is 1. The molecule has 3 heterocycles. The van der Waals surface area contributed by atoms with Crippen LogP contribution in [0.3, 0.4) is 0 Å². The summed E-state index contributed by atoms with van der Waals surface area (Å²) in [5.74, 6) is -0.226. The molecule has 2 aromatic rings. The van der Waals surface area contributed by atoms with Crippen LogP contribution in [0.15, 0.2) is 30.3 Å². The maximum atomic E-state index is 12.2. The monoisotopic (exact) mass is 448 g/mol. The molecule has 2 fully saturated rings. The number of rotatable bonds is 6. The second-order valence-electron chi connectivity index (χ2n) is 7.53. The molecule has 2 amide bonds. The number of amides is 2. The van der Waals surface area contributed by atoms with Gasteiger partial charge in [-0.15, -0.1) is 11.3 Å². The number of carbonyl (C=O) groups excluding carboxylic acids is 2. The maximum Gasteiger partial charge on any atom is 0.261 e. The Labute approximate surface area is 184 Å². The van der Waals surface area contributed by atoms with Crippen LogP contribution in [0.4, 0.5) is 17.1 Å². The van der Waals surface area contributed by atoms with Crippen LogP contribution >= 0.6 is 22.9 Å². The number of halogens is 1. The molecule has 0 aliphatic carbocycles. The van der Waals surface area contributed by atoms with Crippen molar-refractivity contribution in [2.45, 2.75) is 25.9 Å². The van der Waals surface area contributed by atoms with Crippen molar-refractivity contribution in [2.75, 3.05) is 48.0 Å². The summed E-state index contributed by atoms with van der Waals surface area (Å²) in [5, 5.41) is 5.88. The molecule has 2 N–H and O–H groups in total. The number of thiophene rings is 1. The van der Waals surface area contributed by atoms with Gasteiger partial charge in [-0.2, -0.15) is 0 Å². The first kappa shape index (κ1) is 21.0. The highest BCUT2D eigenvalue weighted by Crippen LogP contribution is 2.34. The van der Waals surface area contributed by atoms with Gasteiger partial charge in [-0.3, -0.25) is 9.59 Å². The van der Waals surface area contributed by atoms with E-state index in [2.05, 4.69) is 32.6 Å². The normalized spacial score (nSPS) is 18.7. The number of nitrogens with one attached hydrogen (secondary N) is 2. The smallest absolute Gasteiger partial charge is 0.261 e. The SMILES string of the molecule is CC(=O)Nc1cc(N2COC(CNC(=O)c3ccc(Cl)s3)C2)ccc1N1CCCC1. The molecule has 1 aromatic heterocycles. The highest BCUT2D eigenvalue weighted by molar-refractivity contribution is 7.18. The van der Waals surface area contributed by atoms with Crippen molar-refractivity contribution in [1.29, 1.82) is 0 Å². The third-order valence-electron chi connectivity index (χ3n) is 5.28. The van der Waals surface area contributed by atoms with Crippen LogP contribution < -0.4 is 20.4 Å². The van der Waals surface area contributed by atoms with Crippen molar-refractivity contribution in [3.63, 3.8) is 0 Å². The topological polar surface area (TPSA) is 73.9 Å². The fourth-order valence-corrected chi connectivity index (χ4v) is 4.78. The number of nitrogens with zero attached hydrogens (tertiary/aromatic N) is 2. The molecule has 2 saturated heterocycles. The van der Waals surface area contributed by atoms with Crippen LogP contribution in [-0.4, -0.2) is 50.8 Å². The molecule has 1 aromatic carbocycles. The van der Waals surface area contributed by atoms with Crippen molar-refractivity contribution < 1.29 is 14.3 Å². The molecule has 2 aliphatic heterocycles. The molecule has 160 valence electrons. The standard InChI is InChI=1S/C21H25ClN4O3S/c1-14(27)24-17-10-15(4-5-18(17)25-8-2-3-9-25)26-12-16(29-13-26)11-23-21(28)19-6-7-20(22)30-19/h4-7,10,16H,2-3,8-9,11-13H2,1H3,(H,23,28)(H,24,27). The zero-order valence-electron chi connectivity index (χ0n) is 16.8. The molecule has 7 nitrogen and oxygen atoms in total. The van der Waals surface area contributed by atoms with E-state index in [1.54, 1.807) is 12.1 Å². The molecule has 0 bridgehead atoms. The van der Waals surface area contributed by atoms with Crippen LogP contribution in [0.25, 0.3) is 0 Å². The quantitative estimate of drug-likeness (QED) is 0.706. The van der Waals surface area contributed by atoms with Gasteiger partial charge in [0, 0.05) is 38.8 Å². The Morgan fingerprint density at radius 1 is 1.20 bits per heavy atom. The Kier molecular flexibility index (Phi) is 6.46. The Balaban J connectivity index is 1.39. The van der Waals surface area contributed by atoms with Gasteiger partial charge in [0.25, 0.3) is 5.91 Å². The summed E-state index contributed by atoms with van der Waals surface area (Å²) in [6, 6.07) is 9.58. The number of hydrogen-bond acceptors (Lipinski definition) is 6. The first-order chi connectivity index (χ1) is 14.5. The summed E-state index contributed by atoms with van der Waals surface area (Å²) in [6.07, 6.45) is 2.24. The second kappa shape index (κ2) is 9.24. The molecule has 2 aliphatic rings. The van der Waals surface area contributed by atoms with Gasteiger partial charge in [0.1, 0.15) is 6.73 Å². The molecular weight excluding hydrogens is 424 g/mol. The van der Waals surface area contributed by atoms with E-state index in [1.165, 1.54) is 31.1 Å². The molecule has 9 heteroatoms. The lowest BCUT2D eigenvalue weighted by atomic mass is 10.2. The molecule has 30 heavy (non-hydrogen) atoms. The lowest BCUT2D eigenvalue weighted by Gasteiger charge is -2.24. The van der Waals surface area contributed by atoms with Gasteiger partial charge in [-0.1, -0.05) is 11.6 Å². The van der Waals surface area contributed by atoms with Gasteiger partial charge >= 0.3 is 0 Å². The Hall–Kier alpha value is -2.29. The highest BCUT2D eigenvalue weighted by Gasteiger charge is 2.25. The van der Waals surface area contributed by atoms with Crippen LogP contribution in [0.2, 0.25) is 4.34 Å². The third kappa shape index (κ3) is 4.88. The largest absolute Gasteiger partial charge is 0.370 e. The van der Waals surface area contributed by atoms with E-state index < -0.39 is 0 Å². The number of carbonyl (C=O) groups is 2. The highest BCUT2D eigenvalue weighted by atomic mass is 35.5. The van der Waals surface area contributed by atoms with E-state index >= 15 is 0 Å². The molecule has 0 saturated carbocycles. The lowest BCUT2D eigenvalue weighted by molar-refractivity contribution is -0.114. The Morgan fingerprint density at radius 2 is 2.00 bits per heavy atom. The van der Waals surface area contributed by atoms with Gasteiger partial charge in [-0.25, -0.2) is 0 Å². The third-order valence-corrected chi connectivity index (χ3v) is 6.51. The summed E-state index contributed by atoms with van der Waals surface area (Å²) in [5.41, 5.74) is 2.87. The van der Waals surface area contributed by atoms with Crippen molar-refractivity contribution in [1.82, 2.24) is 5.32 Å².